The maximum atomic E-state index is 12.4. The van der Waals surface area contributed by atoms with E-state index in [9.17, 15) is 14.9 Å². The molecule has 1 amide bonds. The third kappa shape index (κ3) is 3.30. The molecule has 7 nitrogen and oxygen atoms in total. The summed E-state index contributed by atoms with van der Waals surface area (Å²) >= 11 is 0. The summed E-state index contributed by atoms with van der Waals surface area (Å²) in [5.74, 6) is -0.281. The Kier molecular flexibility index (Phi) is 4.42. The summed E-state index contributed by atoms with van der Waals surface area (Å²) in [6.07, 6.45) is 2.18. The van der Waals surface area contributed by atoms with E-state index in [4.69, 9.17) is 5.73 Å². The molecule has 7 heteroatoms. The van der Waals surface area contributed by atoms with Gasteiger partial charge in [0.25, 0.3) is 11.6 Å². The highest BCUT2D eigenvalue weighted by atomic mass is 16.6. The van der Waals surface area contributed by atoms with E-state index in [-0.39, 0.29) is 22.8 Å². The number of rotatable bonds is 4. The van der Waals surface area contributed by atoms with E-state index in [1.807, 2.05) is 7.05 Å². The van der Waals surface area contributed by atoms with Crippen LogP contribution in [-0.2, 0) is 0 Å². The van der Waals surface area contributed by atoms with Crippen LogP contribution in [-0.4, -0.2) is 53.9 Å². The lowest BCUT2D eigenvalue weighted by atomic mass is 10.1. The zero-order chi connectivity index (χ0) is 15.6. The van der Waals surface area contributed by atoms with Gasteiger partial charge in [-0.25, -0.2) is 0 Å². The number of hydrogen-bond donors (Lipinski definition) is 1. The minimum Gasteiger partial charge on any atom is -0.398 e. The maximum absolute atomic E-state index is 12.4. The quantitative estimate of drug-likeness (QED) is 0.513. The molecule has 2 rings (SSSR count). The number of nitrogen functional groups attached to an aromatic ring is 1. The molecule has 1 unspecified atom stereocenters. The average molecular weight is 292 g/mol. The van der Waals surface area contributed by atoms with Crippen molar-refractivity contribution in [3.05, 3.63) is 33.9 Å². The van der Waals surface area contributed by atoms with Crippen LogP contribution in [0.5, 0.6) is 0 Å². The van der Waals surface area contributed by atoms with Crippen LogP contribution in [0.3, 0.4) is 0 Å². The first kappa shape index (κ1) is 15.2. The van der Waals surface area contributed by atoms with Gasteiger partial charge in [-0.05, 0) is 32.5 Å². The second kappa shape index (κ2) is 6.09. The number of amides is 1. The highest BCUT2D eigenvalue weighted by Crippen LogP contribution is 2.22. The lowest BCUT2D eigenvalue weighted by Crippen LogP contribution is -2.39. The molecular formula is C14H20N4O3. The molecule has 1 heterocycles. The molecule has 0 radical (unpaired) electrons. The van der Waals surface area contributed by atoms with E-state index < -0.39 is 4.92 Å². The summed E-state index contributed by atoms with van der Waals surface area (Å²) in [6.45, 7) is 1.63. The van der Waals surface area contributed by atoms with E-state index in [1.165, 1.54) is 18.2 Å². The first-order chi connectivity index (χ1) is 9.90. The molecule has 21 heavy (non-hydrogen) atoms. The standard InChI is InChI=1S/C14H20N4O3/c1-16-7-3-4-11(16)9-17(2)14(19)12-8-10(18(20)21)5-6-13(12)15/h5-6,8,11H,3-4,7,9,15H2,1-2H3. The second-order valence-electron chi connectivity index (χ2n) is 5.49. The lowest BCUT2D eigenvalue weighted by molar-refractivity contribution is -0.384. The summed E-state index contributed by atoms with van der Waals surface area (Å²) in [5.41, 5.74) is 6.11. The number of nitrogens with two attached hydrogens (primary N) is 1. The molecule has 0 aromatic heterocycles. The average Bonchev–Trinajstić information content (AvgIpc) is 2.83. The van der Waals surface area contributed by atoms with Crippen molar-refractivity contribution in [3.8, 4) is 0 Å². The molecule has 1 aliphatic heterocycles. The zero-order valence-electron chi connectivity index (χ0n) is 12.3. The number of benzene rings is 1. The van der Waals surface area contributed by atoms with E-state index in [1.54, 1.807) is 11.9 Å². The molecule has 2 N–H and O–H groups in total. The summed E-state index contributed by atoms with van der Waals surface area (Å²) in [4.78, 5) is 26.5. The SMILES string of the molecule is CN(CC1CCCN1C)C(=O)c1cc([N+](=O)[O-])ccc1N. The third-order valence-corrected chi connectivity index (χ3v) is 3.98. The Hall–Kier alpha value is -2.15. The molecule has 1 aromatic carbocycles. The van der Waals surface area contributed by atoms with Gasteiger partial charge in [-0.15, -0.1) is 0 Å². The van der Waals surface area contributed by atoms with Crippen molar-refractivity contribution in [3.63, 3.8) is 0 Å². The molecule has 1 atom stereocenters. The van der Waals surface area contributed by atoms with Gasteiger partial charge in [0.05, 0.1) is 10.5 Å². The highest BCUT2D eigenvalue weighted by molar-refractivity contribution is 5.99. The molecule has 0 aliphatic carbocycles. The first-order valence-corrected chi connectivity index (χ1v) is 6.89. The third-order valence-electron chi connectivity index (χ3n) is 3.98. The van der Waals surface area contributed by atoms with Crippen LogP contribution in [0.4, 0.5) is 11.4 Å². The van der Waals surface area contributed by atoms with Crippen molar-refractivity contribution in [2.45, 2.75) is 18.9 Å². The molecule has 1 fully saturated rings. The van der Waals surface area contributed by atoms with Gasteiger partial charge >= 0.3 is 0 Å². The Morgan fingerprint density at radius 2 is 2.29 bits per heavy atom. The van der Waals surface area contributed by atoms with Gasteiger partial charge in [-0.1, -0.05) is 0 Å². The molecule has 1 aromatic rings. The molecule has 0 spiro atoms. The van der Waals surface area contributed by atoms with Crippen LogP contribution >= 0.6 is 0 Å². The number of hydrogen-bond acceptors (Lipinski definition) is 5. The second-order valence-corrected chi connectivity index (χ2v) is 5.49. The van der Waals surface area contributed by atoms with Gasteiger partial charge in [-0.3, -0.25) is 14.9 Å². The highest BCUT2D eigenvalue weighted by Gasteiger charge is 2.25. The van der Waals surface area contributed by atoms with Crippen LogP contribution in [0.1, 0.15) is 23.2 Å². The van der Waals surface area contributed by atoms with Crippen LogP contribution in [0.15, 0.2) is 18.2 Å². The van der Waals surface area contributed by atoms with Crippen molar-refractivity contribution >= 4 is 17.3 Å². The fraction of sp³-hybridized carbons (Fsp3) is 0.500. The van der Waals surface area contributed by atoms with Crippen LogP contribution in [0.25, 0.3) is 0 Å². The number of likely N-dealkylation sites (tertiary alicyclic amines) is 1. The molecule has 1 aliphatic rings. The number of non-ortho nitro benzene ring substituents is 1. The fourth-order valence-electron chi connectivity index (χ4n) is 2.66. The fourth-order valence-corrected chi connectivity index (χ4v) is 2.66. The number of carbonyl (C=O) groups excluding carboxylic acids is 1. The Morgan fingerprint density at radius 3 is 2.86 bits per heavy atom. The van der Waals surface area contributed by atoms with Gasteiger partial charge in [-0.2, -0.15) is 0 Å². The van der Waals surface area contributed by atoms with Gasteiger partial charge in [0, 0.05) is 37.5 Å². The smallest absolute Gasteiger partial charge is 0.270 e. The number of nitro groups is 1. The van der Waals surface area contributed by atoms with E-state index in [2.05, 4.69) is 4.90 Å². The maximum Gasteiger partial charge on any atom is 0.270 e. The molecule has 0 saturated carbocycles. The largest absolute Gasteiger partial charge is 0.398 e. The molecule has 114 valence electrons. The Morgan fingerprint density at radius 1 is 1.57 bits per heavy atom. The first-order valence-electron chi connectivity index (χ1n) is 6.89. The van der Waals surface area contributed by atoms with Gasteiger partial charge in [0.1, 0.15) is 0 Å². The van der Waals surface area contributed by atoms with Crippen molar-refractivity contribution in [1.82, 2.24) is 9.80 Å². The zero-order valence-corrected chi connectivity index (χ0v) is 12.3. The molecule has 0 bridgehead atoms. The van der Waals surface area contributed by atoms with Crippen molar-refractivity contribution < 1.29 is 9.72 Å². The number of nitro benzene ring substituents is 1. The van der Waals surface area contributed by atoms with Gasteiger partial charge < -0.3 is 15.5 Å². The monoisotopic (exact) mass is 292 g/mol. The van der Waals surface area contributed by atoms with Crippen molar-refractivity contribution in [1.29, 1.82) is 0 Å². The molecule has 1 saturated heterocycles. The van der Waals surface area contributed by atoms with Crippen LogP contribution < -0.4 is 5.73 Å². The summed E-state index contributed by atoms with van der Waals surface area (Å²) in [6, 6.07) is 4.28. The lowest BCUT2D eigenvalue weighted by Gasteiger charge is -2.26. The van der Waals surface area contributed by atoms with E-state index in [0.29, 0.717) is 12.6 Å². The normalized spacial score (nSPS) is 18.7. The predicted octanol–water partition coefficient (Wildman–Crippen LogP) is 1.34. The van der Waals surface area contributed by atoms with Gasteiger partial charge in [0.2, 0.25) is 0 Å². The van der Waals surface area contributed by atoms with Crippen LogP contribution in [0, 0.1) is 10.1 Å². The van der Waals surface area contributed by atoms with Crippen molar-refractivity contribution in [2.75, 3.05) is 32.9 Å². The van der Waals surface area contributed by atoms with E-state index in [0.717, 1.165) is 19.4 Å². The topological polar surface area (TPSA) is 92.7 Å². The Balaban J connectivity index is 2.15. The Labute approximate surface area is 123 Å². The van der Waals surface area contributed by atoms with Gasteiger partial charge in [0.15, 0.2) is 0 Å². The summed E-state index contributed by atoms with van der Waals surface area (Å²) in [7, 11) is 3.74. The minimum absolute atomic E-state index is 0.126. The van der Waals surface area contributed by atoms with Crippen molar-refractivity contribution in [2.24, 2.45) is 0 Å². The number of anilines is 1. The van der Waals surface area contributed by atoms with Crippen LogP contribution in [0.2, 0.25) is 0 Å². The number of carbonyl (C=O) groups is 1. The minimum atomic E-state index is -0.527. The summed E-state index contributed by atoms with van der Waals surface area (Å²) in [5, 5.41) is 10.8. The predicted molar refractivity (Wildman–Crippen MR) is 80.1 cm³/mol. The Bertz CT molecular complexity index is 561. The number of likely N-dealkylation sites (N-methyl/N-ethyl adjacent to an activating group) is 2. The molecular weight excluding hydrogens is 272 g/mol. The van der Waals surface area contributed by atoms with E-state index >= 15 is 0 Å². The summed E-state index contributed by atoms with van der Waals surface area (Å²) < 4.78 is 0. The number of nitrogens with zero attached hydrogens (tertiary/aromatic N) is 3.